The zero-order valence-electron chi connectivity index (χ0n) is 9.64. The first-order valence-corrected chi connectivity index (χ1v) is 6.41. The molecule has 2 aliphatic rings. The molecular formula is C13H20N2O. The van der Waals surface area contributed by atoms with Gasteiger partial charge in [-0.15, -0.1) is 0 Å². The van der Waals surface area contributed by atoms with Crippen molar-refractivity contribution in [1.82, 2.24) is 4.90 Å². The van der Waals surface area contributed by atoms with Crippen molar-refractivity contribution in [2.24, 2.45) is 5.73 Å². The Balaban J connectivity index is 1.87. The van der Waals surface area contributed by atoms with E-state index in [-0.39, 0.29) is 6.04 Å². The summed E-state index contributed by atoms with van der Waals surface area (Å²) >= 11 is 0. The lowest BCUT2D eigenvalue weighted by molar-refractivity contribution is 0.153. The van der Waals surface area contributed by atoms with E-state index in [9.17, 15) is 0 Å². The van der Waals surface area contributed by atoms with Crippen LogP contribution in [0.2, 0.25) is 0 Å². The van der Waals surface area contributed by atoms with Gasteiger partial charge in [-0.25, -0.2) is 0 Å². The molecule has 0 bridgehead atoms. The molecule has 3 heteroatoms. The van der Waals surface area contributed by atoms with E-state index in [1.807, 2.05) is 6.07 Å². The van der Waals surface area contributed by atoms with Gasteiger partial charge in [-0.3, -0.25) is 4.90 Å². The molecule has 1 saturated carbocycles. The van der Waals surface area contributed by atoms with Gasteiger partial charge in [0.1, 0.15) is 5.76 Å². The van der Waals surface area contributed by atoms with Crippen molar-refractivity contribution >= 4 is 0 Å². The summed E-state index contributed by atoms with van der Waals surface area (Å²) in [5.41, 5.74) is 6.32. The summed E-state index contributed by atoms with van der Waals surface area (Å²) in [6, 6.07) is 5.35. The van der Waals surface area contributed by atoms with Crippen LogP contribution in [0.15, 0.2) is 22.8 Å². The van der Waals surface area contributed by atoms with E-state index in [1.165, 1.54) is 32.2 Å². The highest BCUT2D eigenvalue weighted by Crippen LogP contribution is 2.38. The zero-order valence-corrected chi connectivity index (χ0v) is 9.64. The fourth-order valence-corrected chi connectivity index (χ4v) is 2.87. The van der Waals surface area contributed by atoms with Crippen molar-refractivity contribution in [3.63, 3.8) is 0 Å². The van der Waals surface area contributed by atoms with Gasteiger partial charge in [0.2, 0.25) is 0 Å². The number of likely N-dealkylation sites (tertiary alicyclic amines) is 1. The highest BCUT2D eigenvalue weighted by Gasteiger charge is 2.39. The normalized spacial score (nSPS) is 32.6. The van der Waals surface area contributed by atoms with Gasteiger partial charge in [0.05, 0.1) is 12.3 Å². The first-order chi connectivity index (χ1) is 7.86. The van der Waals surface area contributed by atoms with Crippen molar-refractivity contribution in [3.05, 3.63) is 24.2 Å². The Labute approximate surface area is 96.6 Å². The summed E-state index contributed by atoms with van der Waals surface area (Å²) in [4.78, 5) is 2.58. The van der Waals surface area contributed by atoms with Crippen LogP contribution in [0.1, 0.15) is 43.9 Å². The van der Waals surface area contributed by atoms with Crippen molar-refractivity contribution < 1.29 is 4.42 Å². The van der Waals surface area contributed by atoms with Gasteiger partial charge in [-0.05, 0) is 44.4 Å². The molecule has 2 unspecified atom stereocenters. The molecule has 1 aromatic heterocycles. The molecule has 3 rings (SSSR count). The van der Waals surface area contributed by atoms with Gasteiger partial charge in [0.25, 0.3) is 0 Å². The van der Waals surface area contributed by atoms with Crippen LogP contribution in [0.25, 0.3) is 0 Å². The molecule has 1 aliphatic carbocycles. The Morgan fingerprint density at radius 3 is 2.81 bits per heavy atom. The molecule has 0 amide bonds. The molecule has 2 fully saturated rings. The summed E-state index contributed by atoms with van der Waals surface area (Å²) in [6.45, 7) is 1.18. The van der Waals surface area contributed by atoms with Crippen LogP contribution >= 0.6 is 0 Å². The largest absolute Gasteiger partial charge is 0.468 e. The Hall–Kier alpha value is -0.800. The fourth-order valence-electron chi connectivity index (χ4n) is 2.87. The highest BCUT2D eigenvalue weighted by molar-refractivity contribution is 5.10. The minimum absolute atomic E-state index is 0.231. The average Bonchev–Trinajstić information content (AvgIpc) is 3.02. The van der Waals surface area contributed by atoms with Crippen molar-refractivity contribution in [2.75, 3.05) is 6.54 Å². The molecule has 88 valence electrons. The summed E-state index contributed by atoms with van der Waals surface area (Å²) in [6.07, 6.45) is 8.09. The van der Waals surface area contributed by atoms with E-state index in [1.54, 1.807) is 6.26 Å². The molecule has 1 aliphatic heterocycles. The van der Waals surface area contributed by atoms with Gasteiger partial charge in [-0.2, -0.15) is 0 Å². The second-order valence-corrected chi connectivity index (χ2v) is 5.09. The zero-order chi connectivity index (χ0) is 11.0. The monoisotopic (exact) mass is 220 g/mol. The van der Waals surface area contributed by atoms with Gasteiger partial charge in [0.15, 0.2) is 0 Å². The first-order valence-electron chi connectivity index (χ1n) is 6.41. The second-order valence-electron chi connectivity index (χ2n) is 5.09. The Morgan fingerprint density at radius 2 is 2.12 bits per heavy atom. The predicted octanol–water partition coefficient (Wildman–Crippen LogP) is 2.30. The highest BCUT2D eigenvalue weighted by atomic mass is 16.3. The maximum atomic E-state index is 6.32. The third kappa shape index (κ3) is 1.89. The van der Waals surface area contributed by atoms with E-state index in [2.05, 4.69) is 11.0 Å². The molecule has 1 saturated heterocycles. The molecule has 2 atom stereocenters. The van der Waals surface area contributed by atoms with E-state index in [4.69, 9.17) is 10.2 Å². The Morgan fingerprint density at radius 1 is 1.25 bits per heavy atom. The third-order valence-corrected chi connectivity index (χ3v) is 3.82. The third-order valence-electron chi connectivity index (χ3n) is 3.82. The van der Waals surface area contributed by atoms with E-state index >= 15 is 0 Å². The molecule has 0 aromatic carbocycles. The van der Waals surface area contributed by atoms with Crippen molar-refractivity contribution in [1.29, 1.82) is 0 Å². The summed E-state index contributed by atoms with van der Waals surface area (Å²) in [7, 11) is 0. The van der Waals surface area contributed by atoms with Gasteiger partial charge in [-0.1, -0.05) is 6.42 Å². The number of nitrogens with zero attached hydrogens (tertiary/aromatic N) is 1. The van der Waals surface area contributed by atoms with E-state index in [0.717, 1.165) is 18.2 Å². The van der Waals surface area contributed by atoms with E-state index in [0.29, 0.717) is 6.04 Å². The Bertz CT molecular complexity index is 332. The molecule has 16 heavy (non-hydrogen) atoms. The topological polar surface area (TPSA) is 42.4 Å². The average molecular weight is 220 g/mol. The molecule has 3 nitrogen and oxygen atoms in total. The van der Waals surface area contributed by atoms with Crippen molar-refractivity contribution in [2.45, 2.75) is 50.2 Å². The molecule has 0 spiro atoms. The molecule has 2 N–H and O–H groups in total. The standard InChI is InChI=1S/C13H20N2O/c14-11-4-1-2-8-15(10-6-7-10)13(11)12-5-3-9-16-12/h3,5,9-11,13H,1-2,4,6-8,14H2. The van der Waals surface area contributed by atoms with Gasteiger partial charge >= 0.3 is 0 Å². The lowest BCUT2D eigenvalue weighted by Crippen LogP contribution is -2.40. The summed E-state index contributed by atoms with van der Waals surface area (Å²) in [5.74, 6) is 1.06. The summed E-state index contributed by atoms with van der Waals surface area (Å²) < 4.78 is 5.59. The van der Waals surface area contributed by atoms with E-state index < -0.39 is 0 Å². The number of nitrogens with two attached hydrogens (primary N) is 1. The lowest BCUT2D eigenvalue weighted by atomic mass is 10.0. The van der Waals surface area contributed by atoms with Crippen LogP contribution in [0.4, 0.5) is 0 Å². The van der Waals surface area contributed by atoms with Crippen LogP contribution in [0.5, 0.6) is 0 Å². The minimum atomic E-state index is 0.231. The second kappa shape index (κ2) is 4.22. The fraction of sp³-hybridized carbons (Fsp3) is 0.692. The van der Waals surface area contributed by atoms with Crippen LogP contribution in [-0.2, 0) is 0 Å². The number of furan rings is 1. The van der Waals surface area contributed by atoms with Gasteiger partial charge in [0, 0.05) is 12.1 Å². The van der Waals surface area contributed by atoms with Crippen LogP contribution in [-0.4, -0.2) is 23.5 Å². The smallest absolute Gasteiger partial charge is 0.122 e. The Kier molecular flexibility index (Phi) is 2.74. The predicted molar refractivity (Wildman–Crippen MR) is 63.0 cm³/mol. The van der Waals surface area contributed by atoms with Crippen molar-refractivity contribution in [3.8, 4) is 0 Å². The van der Waals surface area contributed by atoms with Crippen LogP contribution in [0, 0.1) is 0 Å². The number of hydrogen-bond donors (Lipinski definition) is 1. The minimum Gasteiger partial charge on any atom is -0.468 e. The van der Waals surface area contributed by atoms with Crippen LogP contribution in [0.3, 0.4) is 0 Å². The molecule has 0 radical (unpaired) electrons. The quantitative estimate of drug-likeness (QED) is 0.831. The first kappa shape index (κ1) is 10.4. The SMILES string of the molecule is NC1CCCCN(C2CC2)C1c1ccco1. The maximum Gasteiger partial charge on any atom is 0.122 e. The van der Waals surface area contributed by atoms with Crippen LogP contribution < -0.4 is 5.73 Å². The maximum absolute atomic E-state index is 6.32. The molecule has 1 aromatic rings. The summed E-state index contributed by atoms with van der Waals surface area (Å²) in [5, 5.41) is 0. The lowest BCUT2D eigenvalue weighted by Gasteiger charge is -2.31. The number of rotatable bonds is 2. The van der Waals surface area contributed by atoms with Gasteiger partial charge < -0.3 is 10.2 Å². The molecular weight excluding hydrogens is 200 g/mol. The number of hydrogen-bond acceptors (Lipinski definition) is 3. The molecule has 2 heterocycles.